The lowest BCUT2D eigenvalue weighted by Gasteiger charge is -2.35. The number of carbonyl (C=O) groups excluding carboxylic acids is 2. The predicted molar refractivity (Wildman–Crippen MR) is 84.8 cm³/mol. The van der Waals surface area contributed by atoms with Crippen LogP contribution in [-0.4, -0.2) is 54.3 Å². The molecule has 1 atom stereocenters. The van der Waals surface area contributed by atoms with Crippen LogP contribution in [0.15, 0.2) is 22.8 Å². The second-order valence-corrected chi connectivity index (χ2v) is 6.60. The van der Waals surface area contributed by atoms with Gasteiger partial charge in [0.05, 0.1) is 15.8 Å². The van der Waals surface area contributed by atoms with Crippen molar-refractivity contribution in [2.75, 3.05) is 32.7 Å². The second-order valence-electron chi connectivity index (χ2n) is 5.51. The van der Waals surface area contributed by atoms with Crippen molar-refractivity contribution >= 4 is 33.4 Å². The van der Waals surface area contributed by atoms with Gasteiger partial charge in [0.25, 0.3) is 5.91 Å². The molecule has 3 rings (SSSR count). The van der Waals surface area contributed by atoms with Gasteiger partial charge in [-0.1, -0.05) is 6.92 Å². The Bertz CT molecular complexity index is 657. The number of piperazine rings is 1. The number of rotatable bonds is 3. The third-order valence-corrected chi connectivity index (χ3v) is 5.07. The summed E-state index contributed by atoms with van der Waals surface area (Å²) < 4.78 is 6.28. The molecule has 0 spiro atoms. The van der Waals surface area contributed by atoms with Gasteiger partial charge >= 0.3 is 0 Å². The summed E-state index contributed by atoms with van der Waals surface area (Å²) in [6, 6.07) is 3.65. The van der Waals surface area contributed by atoms with Gasteiger partial charge in [0, 0.05) is 44.7 Å². The lowest BCUT2D eigenvalue weighted by Crippen LogP contribution is -2.52. The van der Waals surface area contributed by atoms with Gasteiger partial charge in [-0.05, 0) is 6.07 Å². The van der Waals surface area contributed by atoms with Gasteiger partial charge in [-0.25, -0.2) is 0 Å². The van der Waals surface area contributed by atoms with E-state index in [1.165, 1.54) is 11.3 Å². The maximum atomic E-state index is 12.5. The van der Waals surface area contributed by atoms with E-state index in [9.17, 15) is 9.59 Å². The van der Waals surface area contributed by atoms with Crippen molar-refractivity contribution < 1.29 is 14.0 Å². The molecule has 7 heteroatoms. The molecule has 0 aromatic carbocycles. The fourth-order valence-electron chi connectivity index (χ4n) is 2.57. The molecule has 2 aromatic rings. The SMILES string of the molecule is CC(CN)C(=O)N1CCN(C(=O)c2cc3occc3s2)CC1. The van der Waals surface area contributed by atoms with E-state index in [1.807, 2.05) is 13.0 Å². The number of thiophene rings is 1. The Balaban J connectivity index is 1.62. The number of nitrogens with zero attached hydrogens (tertiary/aromatic N) is 2. The summed E-state index contributed by atoms with van der Waals surface area (Å²) in [4.78, 5) is 28.9. The standard InChI is InChI=1S/C15H19N3O3S/c1-10(9-16)14(19)17-3-5-18(6-4-17)15(20)13-8-11-12(22-13)2-7-21-11/h2,7-8,10H,3-6,9,16H2,1H3. The van der Waals surface area contributed by atoms with Crippen molar-refractivity contribution in [1.82, 2.24) is 9.80 Å². The van der Waals surface area contributed by atoms with Crippen molar-refractivity contribution in [3.8, 4) is 0 Å². The number of hydrogen-bond donors (Lipinski definition) is 1. The summed E-state index contributed by atoms with van der Waals surface area (Å²) in [5, 5.41) is 0. The minimum atomic E-state index is -0.161. The van der Waals surface area contributed by atoms with E-state index < -0.39 is 0 Å². The number of fused-ring (bicyclic) bond motifs is 1. The molecule has 22 heavy (non-hydrogen) atoms. The van der Waals surface area contributed by atoms with E-state index in [2.05, 4.69) is 0 Å². The van der Waals surface area contributed by atoms with Gasteiger partial charge in [0.15, 0.2) is 0 Å². The average Bonchev–Trinajstić information content (AvgIpc) is 3.14. The minimum Gasteiger partial charge on any atom is -0.463 e. The van der Waals surface area contributed by atoms with Crippen molar-refractivity contribution in [1.29, 1.82) is 0 Å². The summed E-state index contributed by atoms with van der Waals surface area (Å²) in [6.07, 6.45) is 1.62. The Labute approximate surface area is 132 Å². The second kappa shape index (κ2) is 6.10. The number of furan rings is 1. The monoisotopic (exact) mass is 321 g/mol. The van der Waals surface area contributed by atoms with Crippen LogP contribution in [0.1, 0.15) is 16.6 Å². The Kier molecular flexibility index (Phi) is 4.17. The maximum absolute atomic E-state index is 12.5. The molecular weight excluding hydrogens is 302 g/mol. The fraction of sp³-hybridized carbons (Fsp3) is 0.467. The Morgan fingerprint density at radius 3 is 2.64 bits per heavy atom. The summed E-state index contributed by atoms with van der Waals surface area (Å²) in [5.74, 6) is -0.0786. The zero-order valence-electron chi connectivity index (χ0n) is 12.4. The molecule has 1 aliphatic rings. The highest BCUT2D eigenvalue weighted by Gasteiger charge is 2.27. The molecule has 0 bridgehead atoms. The fourth-order valence-corrected chi connectivity index (χ4v) is 3.52. The van der Waals surface area contributed by atoms with Gasteiger partial charge in [-0.3, -0.25) is 9.59 Å². The number of amides is 2. The third kappa shape index (κ3) is 2.74. The van der Waals surface area contributed by atoms with Gasteiger partial charge in [0.2, 0.25) is 5.91 Å². The number of carbonyl (C=O) groups is 2. The van der Waals surface area contributed by atoms with E-state index >= 15 is 0 Å². The van der Waals surface area contributed by atoms with Crippen LogP contribution in [0.25, 0.3) is 10.3 Å². The molecule has 1 saturated heterocycles. The summed E-state index contributed by atoms with van der Waals surface area (Å²) in [6.45, 7) is 4.43. The molecular formula is C15H19N3O3S. The normalized spacial score (nSPS) is 17.0. The van der Waals surface area contributed by atoms with Crippen LogP contribution in [0.3, 0.4) is 0 Å². The van der Waals surface area contributed by atoms with Gasteiger partial charge in [-0.15, -0.1) is 11.3 Å². The van der Waals surface area contributed by atoms with Crippen molar-refractivity contribution in [2.24, 2.45) is 11.7 Å². The van der Waals surface area contributed by atoms with E-state index in [0.29, 0.717) is 37.6 Å². The molecule has 0 saturated carbocycles. The van der Waals surface area contributed by atoms with Crippen molar-refractivity contribution in [2.45, 2.75) is 6.92 Å². The molecule has 0 radical (unpaired) electrons. The van der Waals surface area contributed by atoms with Crippen LogP contribution in [0.5, 0.6) is 0 Å². The lowest BCUT2D eigenvalue weighted by molar-refractivity contribution is -0.136. The largest absolute Gasteiger partial charge is 0.463 e. The maximum Gasteiger partial charge on any atom is 0.264 e. The average molecular weight is 321 g/mol. The molecule has 1 unspecified atom stereocenters. The van der Waals surface area contributed by atoms with Crippen LogP contribution in [0.4, 0.5) is 0 Å². The highest BCUT2D eigenvalue weighted by Crippen LogP contribution is 2.27. The van der Waals surface area contributed by atoms with E-state index in [0.717, 1.165) is 10.3 Å². The molecule has 1 fully saturated rings. The highest BCUT2D eigenvalue weighted by atomic mass is 32.1. The first-order valence-electron chi connectivity index (χ1n) is 7.35. The first-order chi connectivity index (χ1) is 10.6. The molecule has 2 amide bonds. The Morgan fingerprint density at radius 2 is 2.00 bits per heavy atom. The predicted octanol–water partition coefficient (Wildman–Crippen LogP) is 1.37. The molecule has 3 heterocycles. The van der Waals surface area contributed by atoms with Crippen LogP contribution in [0.2, 0.25) is 0 Å². The van der Waals surface area contributed by atoms with Crippen LogP contribution >= 0.6 is 11.3 Å². The van der Waals surface area contributed by atoms with Gasteiger partial charge < -0.3 is 20.0 Å². The molecule has 0 aliphatic carbocycles. The summed E-state index contributed by atoms with van der Waals surface area (Å²) in [7, 11) is 0. The van der Waals surface area contributed by atoms with E-state index in [-0.39, 0.29) is 17.7 Å². The smallest absolute Gasteiger partial charge is 0.264 e. The summed E-state index contributed by atoms with van der Waals surface area (Å²) in [5.41, 5.74) is 6.29. The van der Waals surface area contributed by atoms with Crippen LogP contribution in [0, 0.1) is 5.92 Å². The third-order valence-electron chi connectivity index (χ3n) is 4.00. The number of hydrogen-bond acceptors (Lipinski definition) is 5. The van der Waals surface area contributed by atoms with Crippen LogP contribution < -0.4 is 5.73 Å². The van der Waals surface area contributed by atoms with Gasteiger partial charge in [0.1, 0.15) is 5.58 Å². The molecule has 2 aromatic heterocycles. The van der Waals surface area contributed by atoms with Crippen LogP contribution in [-0.2, 0) is 4.79 Å². The lowest BCUT2D eigenvalue weighted by atomic mass is 10.1. The zero-order valence-corrected chi connectivity index (χ0v) is 13.3. The zero-order chi connectivity index (χ0) is 15.7. The number of nitrogens with two attached hydrogens (primary N) is 1. The minimum absolute atomic E-state index is 0.00960. The van der Waals surface area contributed by atoms with Crippen molar-refractivity contribution in [3.63, 3.8) is 0 Å². The molecule has 118 valence electrons. The van der Waals surface area contributed by atoms with E-state index in [4.69, 9.17) is 10.2 Å². The highest BCUT2D eigenvalue weighted by molar-refractivity contribution is 7.20. The van der Waals surface area contributed by atoms with Gasteiger partial charge in [-0.2, -0.15) is 0 Å². The summed E-state index contributed by atoms with van der Waals surface area (Å²) >= 11 is 1.44. The Morgan fingerprint density at radius 1 is 1.32 bits per heavy atom. The molecule has 2 N–H and O–H groups in total. The topological polar surface area (TPSA) is 79.8 Å². The molecule has 1 aliphatic heterocycles. The Hall–Kier alpha value is -1.86. The quantitative estimate of drug-likeness (QED) is 0.926. The first kappa shape index (κ1) is 15.1. The first-order valence-corrected chi connectivity index (χ1v) is 8.17. The van der Waals surface area contributed by atoms with E-state index in [1.54, 1.807) is 22.1 Å². The van der Waals surface area contributed by atoms with Crippen molar-refractivity contribution in [3.05, 3.63) is 23.3 Å². The molecule has 6 nitrogen and oxygen atoms in total.